The van der Waals surface area contributed by atoms with Crippen molar-refractivity contribution in [2.75, 3.05) is 5.32 Å². The van der Waals surface area contributed by atoms with E-state index in [0.29, 0.717) is 11.3 Å². The fraction of sp³-hybridized carbons (Fsp3) is 0.476. The molecule has 3 heteroatoms. The average molecular weight is 342 g/mol. The largest absolute Gasteiger partial charge is 0.321 e. The van der Waals surface area contributed by atoms with Crippen molar-refractivity contribution in [1.29, 1.82) is 0 Å². The Balaban J connectivity index is 1.83. The third kappa shape index (κ3) is 3.27. The number of carbonyl (C=O) groups excluding carboxylic acids is 1. The number of benzene rings is 1. The molecule has 1 aliphatic carbocycles. The lowest BCUT2D eigenvalue weighted by molar-refractivity contribution is 0.102. The van der Waals surface area contributed by atoms with E-state index < -0.39 is 0 Å². The van der Waals surface area contributed by atoms with E-state index in [2.05, 4.69) is 31.5 Å². The second-order valence-corrected chi connectivity index (χ2v) is 9.04. The monoisotopic (exact) mass is 341 g/mol. The molecular weight excluding hydrogens is 314 g/mol. The van der Waals surface area contributed by atoms with Crippen LogP contribution in [0.1, 0.15) is 59.1 Å². The van der Waals surface area contributed by atoms with Crippen LogP contribution in [-0.4, -0.2) is 5.91 Å². The lowest BCUT2D eigenvalue weighted by atomic mass is 9.72. The van der Waals surface area contributed by atoms with Crippen LogP contribution < -0.4 is 5.32 Å². The molecule has 1 aromatic heterocycles. The minimum Gasteiger partial charge on any atom is -0.321 e. The third-order valence-corrected chi connectivity index (χ3v) is 6.40. The highest BCUT2D eigenvalue weighted by molar-refractivity contribution is 7.10. The molecular formula is C21H27NOS. The van der Waals surface area contributed by atoms with Crippen LogP contribution in [0.3, 0.4) is 0 Å². The lowest BCUT2D eigenvalue weighted by Gasteiger charge is -2.34. The Labute approximate surface area is 149 Å². The molecule has 3 rings (SSSR count). The van der Waals surface area contributed by atoms with E-state index in [1.54, 1.807) is 11.3 Å². The van der Waals surface area contributed by atoms with Crippen LogP contribution >= 0.6 is 11.3 Å². The summed E-state index contributed by atoms with van der Waals surface area (Å²) < 4.78 is 0. The Bertz CT molecular complexity index is 746. The van der Waals surface area contributed by atoms with Crippen molar-refractivity contribution < 1.29 is 4.79 Å². The summed E-state index contributed by atoms with van der Waals surface area (Å²) in [5.74, 6) is 0.747. The minimum absolute atomic E-state index is 0.0408. The van der Waals surface area contributed by atoms with E-state index in [1.807, 2.05) is 32.0 Å². The molecule has 0 saturated carbocycles. The maximum absolute atomic E-state index is 12.8. The zero-order chi connectivity index (χ0) is 17.5. The van der Waals surface area contributed by atoms with Crippen LogP contribution in [0.4, 0.5) is 5.69 Å². The van der Waals surface area contributed by atoms with Gasteiger partial charge in [0, 0.05) is 15.9 Å². The summed E-state index contributed by atoms with van der Waals surface area (Å²) in [6, 6.07) is 6.11. The van der Waals surface area contributed by atoms with Crippen LogP contribution in [0.2, 0.25) is 0 Å². The van der Waals surface area contributed by atoms with Gasteiger partial charge in [-0.1, -0.05) is 39.0 Å². The van der Waals surface area contributed by atoms with Crippen LogP contribution in [-0.2, 0) is 12.8 Å². The summed E-state index contributed by atoms with van der Waals surface area (Å²) in [5, 5.41) is 5.19. The zero-order valence-corrected chi connectivity index (χ0v) is 16.1. The molecule has 1 unspecified atom stereocenters. The van der Waals surface area contributed by atoms with Crippen LogP contribution in [0.15, 0.2) is 23.6 Å². The summed E-state index contributed by atoms with van der Waals surface area (Å²) in [4.78, 5) is 14.2. The molecule has 1 aliphatic rings. The number of rotatable bonds is 2. The quantitative estimate of drug-likeness (QED) is 0.738. The molecule has 24 heavy (non-hydrogen) atoms. The van der Waals surface area contributed by atoms with Gasteiger partial charge in [-0.05, 0) is 61.1 Å². The Hall–Kier alpha value is -1.61. The Kier molecular flexibility index (Phi) is 4.56. The predicted octanol–water partition coefficient (Wildman–Crippen LogP) is 5.77. The molecule has 1 amide bonds. The first-order valence-electron chi connectivity index (χ1n) is 8.74. The van der Waals surface area contributed by atoms with Gasteiger partial charge < -0.3 is 5.32 Å². The highest BCUT2D eigenvalue weighted by atomic mass is 32.1. The van der Waals surface area contributed by atoms with E-state index in [0.717, 1.165) is 35.2 Å². The van der Waals surface area contributed by atoms with Crippen LogP contribution in [0.25, 0.3) is 0 Å². The van der Waals surface area contributed by atoms with Gasteiger partial charge in [0.1, 0.15) is 0 Å². The van der Waals surface area contributed by atoms with E-state index in [4.69, 9.17) is 0 Å². The van der Waals surface area contributed by atoms with Gasteiger partial charge in [0.2, 0.25) is 0 Å². The minimum atomic E-state index is 0.0408. The van der Waals surface area contributed by atoms with Crippen molar-refractivity contribution in [3.8, 4) is 0 Å². The predicted molar refractivity (Wildman–Crippen MR) is 103 cm³/mol. The van der Waals surface area contributed by atoms with Crippen LogP contribution in [0.5, 0.6) is 0 Å². The molecule has 1 heterocycles. The molecule has 0 fully saturated rings. The van der Waals surface area contributed by atoms with Gasteiger partial charge in [-0.25, -0.2) is 0 Å². The normalized spacial score (nSPS) is 17.5. The van der Waals surface area contributed by atoms with Gasteiger partial charge in [-0.2, -0.15) is 0 Å². The number of hydrogen-bond acceptors (Lipinski definition) is 2. The maximum atomic E-state index is 12.8. The molecule has 1 atom stereocenters. The summed E-state index contributed by atoms with van der Waals surface area (Å²) >= 11 is 1.76. The van der Waals surface area contributed by atoms with Crippen LogP contribution in [0, 0.1) is 25.2 Å². The number of hydrogen-bond donors (Lipinski definition) is 1. The molecule has 2 nitrogen and oxygen atoms in total. The van der Waals surface area contributed by atoms with E-state index >= 15 is 0 Å². The molecule has 0 bridgehead atoms. The van der Waals surface area contributed by atoms with E-state index in [-0.39, 0.29) is 5.91 Å². The van der Waals surface area contributed by atoms with Gasteiger partial charge in [-0.3, -0.25) is 4.79 Å². The van der Waals surface area contributed by atoms with Crippen molar-refractivity contribution in [2.24, 2.45) is 11.3 Å². The first kappa shape index (κ1) is 17.2. The topological polar surface area (TPSA) is 29.1 Å². The summed E-state index contributed by atoms with van der Waals surface area (Å²) in [6.07, 6.45) is 3.31. The van der Waals surface area contributed by atoms with Gasteiger partial charge in [0.15, 0.2) is 0 Å². The number of carbonyl (C=O) groups is 1. The SMILES string of the molecule is Cc1cccc(C)c1NC(=O)c1csc2c1CCC(C(C)(C)C)C2. The fourth-order valence-corrected chi connectivity index (χ4v) is 4.80. The number of fused-ring (bicyclic) bond motifs is 1. The number of anilines is 1. The summed E-state index contributed by atoms with van der Waals surface area (Å²) in [5.41, 5.74) is 5.67. The molecule has 0 radical (unpaired) electrons. The van der Waals surface area contributed by atoms with Gasteiger partial charge >= 0.3 is 0 Å². The Morgan fingerprint density at radius 3 is 2.50 bits per heavy atom. The van der Waals surface area contributed by atoms with E-state index in [9.17, 15) is 4.79 Å². The molecule has 1 N–H and O–H groups in total. The Morgan fingerprint density at radius 1 is 1.21 bits per heavy atom. The Morgan fingerprint density at radius 2 is 1.88 bits per heavy atom. The summed E-state index contributed by atoms with van der Waals surface area (Å²) in [7, 11) is 0. The molecule has 0 spiro atoms. The maximum Gasteiger partial charge on any atom is 0.256 e. The van der Waals surface area contributed by atoms with Gasteiger partial charge in [0.05, 0.1) is 5.56 Å². The van der Waals surface area contributed by atoms with Crippen molar-refractivity contribution >= 4 is 22.9 Å². The molecule has 0 aliphatic heterocycles. The van der Waals surface area contributed by atoms with Gasteiger partial charge in [-0.15, -0.1) is 11.3 Å². The van der Waals surface area contributed by atoms with Gasteiger partial charge in [0.25, 0.3) is 5.91 Å². The molecule has 2 aromatic rings. The smallest absolute Gasteiger partial charge is 0.256 e. The number of nitrogens with one attached hydrogen (secondary N) is 1. The number of amides is 1. The fourth-order valence-electron chi connectivity index (χ4n) is 3.63. The molecule has 0 saturated heterocycles. The van der Waals surface area contributed by atoms with E-state index in [1.165, 1.54) is 16.9 Å². The van der Waals surface area contributed by atoms with Crippen molar-refractivity contribution in [3.05, 3.63) is 50.7 Å². The summed E-state index contributed by atoms with van der Waals surface area (Å²) in [6.45, 7) is 11.1. The second kappa shape index (κ2) is 6.36. The van der Waals surface area contributed by atoms with Crippen molar-refractivity contribution in [2.45, 2.75) is 53.9 Å². The molecule has 1 aromatic carbocycles. The highest BCUT2D eigenvalue weighted by Gasteiger charge is 2.31. The standard InChI is InChI=1S/C21H27NOS/c1-13-7-6-8-14(2)19(13)22-20(23)17-12-24-18-11-15(21(3,4)5)9-10-16(17)18/h6-8,12,15H,9-11H2,1-5H3,(H,22,23). The first-order valence-corrected chi connectivity index (χ1v) is 9.62. The first-order chi connectivity index (χ1) is 11.3. The average Bonchev–Trinajstić information content (AvgIpc) is 2.93. The third-order valence-electron chi connectivity index (χ3n) is 5.34. The number of aryl methyl sites for hydroxylation is 2. The van der Waals surface area contributed by atoms with Crippen molar-refractivity contribution in [1.82, 2.24) is 0 Å². The zero-order valence-electron chi connectivity index (χ0n) is 15.3. The lowest BCUT2D eigenvalue weighted by Crippen LogP contribution is -2.27. The second-order valence-electron chi connectivity index (χ2n) is 8.08. The number of thiophene rings is 1. The molecule has 128 valence electrons. The van der Waals surface area contributed by atoms with Crippen molar-refractivity contribution in [3.63, 3.8) is 0 Å². The number of para-hydroxylation sites is 1. The highest BCUT2D eigenvalue weighted by Crippen LogP contribution is 2.40.